The van der Waals surface area contributed by atoms with E-state index in [1.54, 1.807) is 7.11 Å². The first kappa shape index (κ1) is 14.5. The first-order valence-corrected chi connectivity index (χ1v) is 6.77. The predicted octanol–water partition coefficient (Wildman–Crippen LogP) is 1.31. The van der Waals surface area contributed by atoms with E-state index in [4.69, 9.17) is 4.74 Å². The van der Waals surface area contributed by atoms with Crippen molar-refractivity contribution in [3.8, 4) is 0 Å². The highest BCUT2D eigenvalue weighted by Crippen LogP contribution is 2.34. The molecule has 2 N–H and O–H groups in total. The van der Waals surface area contributed by atoms with E-state index >= 15 is 0 Å². The third-order valence-electron chi connectivity index (χ3n) is 3.18. The van der Waals surface area contributed by atoms with Crippen molar-refractivity contribution in [1.29, 1.82) is 0 Å². The molecular weight excluding hydrogens is 216 g/mol. The molecule has 0 aromatic rings. The molecule has 4 heteroatoms. The molecule has 1 rings (SSSR count). The average molecular weight is 242 g/mol. The molecule has 1 unspecified atom stereocenters. The zero-order valence-corrected chi connectivity index (χ0v) is 11.1. The number of carbonyl (C=O) groups excluding carboxylic acids is 1. The van der Waals surface area contributed by atoms with Crippen molar-refractivity contribution in [2.24, 2.45) is 5.92 Å². The molecule has 0 spiro atoms. The molecule has 0 saturated heterocycles. The standard InChI is InChI=1S/C13H26N2O2/c1-3-4-12(11-5-6-11)14-8-7-13(16)15-9-10-17-2/h11-12,14H,3-10H2,1-2H3,(H,15,16). The minimum atomic E-state index is 0.112. The van der Waals surface area contributed by atoms with Crippen molar-refractivity contribution >= 4 is 5.91 Å². The van der Waals surface area contributed by atoms with Gasteiger partial charge in [-0.2, -0.15) is 0 Å². The van der Waals surface area contributed by atoms with Crippen molar-refractivity contribution in [3.63, 3.8) is 0 Å². The molecule has 17 heavy (non-hydrogen) atoms. The van der Waals surface area contributed by atoms with Crippen LogP contribution in [0.4, 0.5) is 0 Å². The van der Waals surface area contributed by atoms with Crippen molar-refractivity contribution in [2.75, 3.05) is 26.8 Å². The number of carbonyl (C=O) groups is 1. The molecule has 1 aliphatic rings. The summed E-state index contributed by atoms with van der Waals surface area (Å²) in [6, 6.07) is 0.631. The van der Waals surface area contributed by atoms with Gasteiger partial charge in [0.2, 0.25) is 5.91 Å². The summed E-state index contributed by atoms with van der Waals surface area (Å²) in [5, 5.41) is 6.34. The van der Waals surface area contributed by atoms with Gasteiger partial charge in [0.05, 0.1) is 6.61 Å². The van der Waals surface area contributed by atoms with E-state index in [2.05, 4.69) is 17.6 Å². The second-order valence-corrected chi connectivity index (χ2v) is 4.78. The molecule has 0 heterocycles. The molecule has 0 aliphatic heterocycles. The number of hydrogen-bond donors (Lipinski definition) is 2. The summed E-state index contributed by atoms with van der Waals surface area (Å²) in [6.45, 7) is 4.20. The second kappa shape index (κ2) is 8.48. The Hall–Kier alpha value is -0.610. The van der Waals surface area contributed by atoms with Gasteiger partial charge in [0, 0.05) is 32.7 Å². The zero-order valence-electron chi connectivity index (χ0n) is 11.1. The number of hydrogen-bond acceptors (Lipinski definition) is 3. The fraction of sp³-hybridized carbons (Fsp3) is 0.923. The van der Waals surface area contributed by atoms with E-state index in [1.807, 2.05) is 0 Å². The molecule has 1 fully saturated rings. The maximum Gasteiger partial charge on any atom is 0.221 e. The summed E-state index contributed by atoms with van der Waals surface area (Å²) in [4.78, 5) is 11.4. The van der Waals surface area contributed by atoms with E-state index in [0.29, 0.717) is 25.6 Å². The number of amides is 1. The monoisotopic (exact) mass is 242 g/mol. The van der Waals surface area contributed by atoms with Crippen LogP contribution in [0.3, 0.4) is 0 Å². The molecular formula is C13H26N2O2. The SMILES string of the molecule is CCCC(NCCC(=O)NCCOC)C1CC1. The van der Waals surface area contributed by atoms with Crippen LogP contribution in [0, 0.1) is 5.92 Å². The third kappa shape index (κ3) is 6.64. The normalized spacial score (nSPS) is 16.8. The molecule has 100 valence electrons. The van der Waals surface area contributed by atoms with Gasteiger partial charge in [-0.05, 0) is 25.2 Å². The number of rotatable bonds is 10. The van der Waals surface area contributed by atoms with E-state index in [1.165, 1.54) is 25.7 Å². The predicted molar refractivity (Wildman–Crippen MR) is 68.9 cm³/mol. The van der Waals surface area contributed by atoms with Gasteiger partial charge in [-0.1, -0.05) is 13.3 Å². The number of ether oxygens (including phenoxy) is 1. The van der Waals surface area contributed by atoms with Crippen LogP contribution >= 0.6 is 0 Å². The Labute approximate surface area is 104 Å². The van der Waals surface area contributed by atoms with Crippen molar-refractivity contribution in [2.45, 2.75) is 45.1 Å². The average Bonchev–Trinajstić information content (AvgIpc) is 3.12. The Morgan fingerprint density at radius 3 is 2.76 bits per heavy atom. The summed E-state index contributed by atoms with van der Waals surface area (Å²) < 4.78 is 4.88. The zero-order chi connectivity index (χ0) is 12.5. The molecule has 0 aromatic carbocycles. The fourth-order valence-electron chi connectivity index (χ4n) is 2.07. The minimum absolute atomic E-state index is 0.112. The smallest absolute Gasteiger partial charge is 0.221 e. The molecule has 4 nitrogen and oxygen atoms in total. The largest absolute Gasteiger partial charge is 0.383 e. The summed E-state index contributed by atoms with van der Waals surface area (Å²) >= 11 is 0. The highest BCUT2D eigenvalue weighted by molar-refractivity contribution is 5.76. The molecule has 1 atom stereocenters. The molecule has 1 amide bonds. The summed E-state index contributed by atoms with van der Waals surface area (Å²) in [6.07, 6.45) is 5.73. The molecule has 1 aliphatic carbocycles. The lowest BCUT2D eigenvalue weighted by molar-refractivity contribution is -0.121. The van der Waals surface area contributed by atoms with Crippen LogP contribution in [0.2, 0.25) is 0 Å². The van der Waals surface area contributed by atoms with Gasteiger partial charge in [0.25, 0.3) is 0 Å². The molecule has 0 bridgehead atoms. The topological polar surface area (TPSA) is 50.4 Å². The van der Waals surface area contributed by atoms with Crippen LogP contribution in [-0.4, -0.2) is 38.8 Å². The van der Waals surface area contributed by atoms with Crippen LogP contribution in [0.15, 0.2) is 0 Å². The summed E-state index contributed by atoms with van der Waals surface area (Å²) in [5.41, 5.74) is 0. The summed E-state index contributed by atoms with van der Waals surface area (Å²) in [5.74, 6) is 0.979. The minimum Gasteiger partial charge on any atom is -0.383 e. The van der Waals surface area contributed by atoms with E-state index in [9.17, 15) is 4.79 Å². The summed E-state index contributed by atoms with van der Waals surface area (Å²) in [7, 11) is 1.64. The first-order valence-electron chi connectivity index (χ1n) is 6.77. The maximum atomic E-state index is 11.4. The second-order valence-electron chi connectivity index (χ2n) is 4.78. The van der Waals surface area contributed by atoms with E-state index < -0.39 is 0 Å². The Balaban J connectivity index is 2.02. The van der Waals surface area contributed by atoms with Crippen molar-refractivity contribution in [3.05, 3.63) is 0 Å². The van der Waals surface area contributed by atoms with Crippen LogP contribution in [0.1, 0.15) is 39.0 Å². The highest BCUT2D eigenvalue weighted by atomic mass is 16.5. The third-order valence-corrected chi connectivity index (χ3v) is 3.18. The van der Waals surface area contributed by atoms with Crippen molar-refractivity contribution < 1.29 is 9.53 Å². The lowest BCUT2D eigenvalue weighted by Crippen LogP contribution is -2.35. The van der Waals surface area contributed by atoms with E-state index in [0.717, 1.165) is 12.5 Å². The Kier molecular flexibility index (Phi) is 7.21. The molecule has 1 saturated carbocycles. The van der Waals surface area contributed by atoms with Gasteiger partial charge >= 0.3 is 0 Å². The Morgan fingerprint density at radius 2 is 2.18 bits per heavy atom. The highest BCUT2D eigenvalue weighted by Gasteiger charge is 2.29. The Morgan fingerprint density at radius 1 is 1.41 bits per heavy atom. The van der Waals surface area contributed by atoms with Crippen LogP contribution < -0.4 is 10.6 Å². The number of methoxy groups -OCH3 is 1. The van der Waals surface area contributed by atoms with Gasteiger partial charge in [0.1, 0.15) is 0 Å². The van der Waals surface area contributed by atoms with Gasteiger partial charge in [-0.25, -0.2) is 0 Å². The van der Waals surface area contributed by atoms with E-state index in [-0.39, 0.29) is 5.91 Å². The van der Waals surface area contributed by atoms with Gasteiger partial charge in [-0.15, -0.1) is 0 Å². The van der Waals surface area contributed by atoms with Crippen molar-refractivity contribution in [1.82, 2.24) is 10.6 Å². The fourth-order valence-corrected chi connectivity index (χ4v) is 2.07. The van der Waals surface area contributed by atoms with Gasteiger partial charge in [0.15, 0.2) is 0 Å². The number of nitrogens with one attached hydrogen (secondary N) is 2. The van der Waals surface area contributed by atoms with Crippen LogP contribution in [0.5, 0.6) is 0 Å². The first-order chi connectivity index (χ1) is 8.27. The lowest BCUT2D eigenvalue weighted by Gasteiger charge is -2.17. The maximum absolute atomic E-state index is 11.4. The lowest BCUT2D eigenvalue weighted by atomic mass is 10.1. The molecule has 0 radical (unpaired) electrons. The van der Waals surface area contributed by atoms with Crippen LogP contribution in [-0.2, 0) is 9.53 Å². The van der Waals surface area contributed by atoms with Gasteiger partial charge in [-0.3, -0.25) is 4.79 Å². The van der Waals surface area contributed by atoms with Gasteiger partial charge < -0.3 is 15.4 Å². The molecule has 0 aromatic heterocycles. The van der Waals surface area contributed by atoms with Crippen LogP contribution in [0.25, 0.3) is 0 Å². The quantitative estimate of drug-likeness (QED) is 0.568. The Bertz CT molecular complexity index is 217.